The first-order chi connectivity index (χ1) is 11.0. The Balaban J connectivity index is 1.85. The number of rotatable bonds is 3. The number of nitrogens with one attached hydrogen (secondary N) is 2. The number of aliphatic hydroxyl groups excluding tert-OH is 1. The lowest BCUT2D eigenvalue weighted by Gasteiger charge is -2.26. The van der Waals surface area contributed by atoms with Crippen LogP contribution in [0.5, 0.6) is 0 Å². The molecule has 0 saturated carbocycles. The minimum absolute atomic E-state index is 0.0606. The van der Waals surface area contributed by atoms with Crippen molar-refractivity contribution in [3.63, 3.8) is 0 Å². The number of carbonyl (C=O) groups excluding carboxylic acids is 1. The van der Waals surface area contributed by atoms with Gasteiger partial charge in [0, 0.05) is 11.3 Å². The molecule has 1 aromatic heterocycles. The fourth-order valence-corrected chi connectivity index (χ4v) is 3.75. The minimum Gasteiger partial charge on any atom is -0.389 e. The number of aryl methyl sites for hydroxylation is 2. The molecular formula is C19H24N2O2. The van der Waals surface area contributed by atoms with Crippen LogP contribution in [0.1, 0.15) is 70.3 Å². The second-order valence-corrected chi connectivity index (χ2v) is 6.46. The summed E-state index contributed by atoms with van der Waals surface area (Å²) in [5.41, 5.74) is 5.61. The van der Waals surface area contributed by atoms with Crippen LogP contribution in [-0.2, 0) is 6.42 Å². The zero-order valence-corrected chi connectivity index (χ0v) is 13.9. The Morgan fingerprint density at radius 2 is 2.09 bits per heavy atom. The normalized spacial score (nSPS) is 18.3. The smallest absolute Gasteiger partial charge is 0.268 e. The summed E-state index contributed by atoms with van der Waals surface area (Å²) in [4.78, 5) is 15.8. The highest BCUT2D eigenvalue weighted by atomic mass is 16.3. The highest BCUT2D eigenvalue weighted by Crippen LogP contribution is 2.30. The van der Waals surface area contributed by atoms with Crippen LogP contribution in [-0.4, -0.2) is 16.0 Å². The summed E-state index contributed by atoms with van der Waals surface area (Å²) >= 11 is 0. The molecule has 23 heavy (non-hydrogen) atoms. The molecule has 0 spiro atoms. The lowest BCUT2D eigenvalue weighted by Crippen LogP contribution is -2.31. The van der Waals surface area contributed by atoms with Gasteiger partial charge in [-0.05, 0) is 56.7 Å². The Labute approximate surface area is 136 Å². The van der Waals surface area contributed by atoms with Crippen molar-refractivity contribution >= 4 is 5.91 Å². The summed E-state index contributed by atoms with van der Waals surface area (Å²) in [6, 6.07) is 8.39. The molecule has 2 atom stereocenters. The molecule has 2 aromatic rings. The number of carbonyl (C=O) groups is 1. The van der Waals surface area contributed by atoms with Gasteiger partial charge < -0.3 is 15.4 Å². The zero-order chi connectivity index (χ0) is 16.6. The van der Waals surface area contributed by atoms with Gasteiger partial charge in [0.2, 0.25) is 0 Å². The van der Waals surface area contributed by atoms with Crippen molar-refractivity contribution < 1.29 is 9.90 Å². The topological polar surface area (TPSA) is 65.1 Å². The second-order valence-electron chi connectivity index (χ2n) is 6.46. The van der Waals surface area contributed by atoms with Gasteiger partial charge in [0.25, 0.3) is 5.91 Å². The van der Waals surface area contributed by atoms with Crippen LogP contribution < -0.4 is 5.32 Å². The monoisotopic (exact) mass is 312 g/mol. The van der Waals surface area contributed by atoms with Crippen LogP contribution >= 0.6 is 0 Å². The van der Waals surface area contributed by atoms with Gasteiger partial charge in [-0.25, -0.2) is 0 Å². The molecule has 3 N–H and O–H groups in total. The maximum Gasteiger partial charge on any atom is 0.268 e. The number of aliphatic hydroxyl groups is 1. The molecule has 0 saturated heterocycles. The maximum absolute atomic E-state index is 12.7. The summed E-state index contributed by atoms with van der Waals surface area (Å²) in [5.74, 6) is -0.0980. The van der Waals surface area contributed by atoms with E-state index in [9.17, 15) is 9.90 Å². The van der Waals surface area contributed by atoms with E-state index in [2.05, 4.69) is 28.5 Å². The largest absolute Gasteiger partial charge is 0.389 e. The Hall–Kier alpha value is -2.07. The van der Waals surface area contributed by atoms with Crippen molar-refractivity contribution in [1.82, 2.24) is 10.3 Å². The Kier molecular flexibility index (Phi) is 4.26. The Bertz CT molecular complexity index is 731. The van der Waals surface area contributed by atoms with E-state index in [1.807, 2.05) is 19.9 Å². The highest BCUT2D eigenvalue weighted by molar-refractivity contribution is 5.94. The molecule has 1 aromatic carbocycles. The molecule has 1 aliphatic carbocycles. The molecule has 0 aliphatic heterocycles. The number of fused-ring (bicyclic) bond motifs is 1. The van der Waals surface area contributed by atoms with Crippen LogP contribution in [0.4, 0.5) is 0 Å². The van der Waals surface area contributed by atoms with Crippen molar-refractivity contribution in [1.29, 1.82) is 0 Å². The SMILES string of the molecule is Cc1[nH]c(C(=O)N[C@H]2CCCc3ccccc32)c(C)c1[C@H](C)O. The first-order valence-corrected chi connectivity index (χ1v) is 8.24. The summed E-state index contributed by atoms with van der Waals surface area (Å²) in [5, 5.41) is 13.0. The van der Waals surface area contributed by atoms with Gasteiger partial charge >= 0.3 is 0 Å². The van der Waals surface area contributed by atoms with E-state index in [-0.39, 0.29) is 11.9 Å². The third-order valence-electron chi connectivity index (χ3n) is 4.82. The number of hydrogen-bond acceptors (Lipinski definition) is 2. The summed E-state index contributed by atoms with van der Waals surface area (Å²) in [7, 11) is 0. The van der Waals surface area contributed by atoms with Crippen molar-refractivity contribution in [2.45, 2.75) is 52.2 Å². The molecule has 1 aliphatic rings. The molecule has 0 radical (unpaired) electrons. The summed E-state index contributed by atoms with van der Waals surface area (Å²) < 4.78 is 0. The average Bonchev–Trinajstić information content (AvgIpc) is 2.82. The van der Waals surface area contributed by atoms with E-state index < -0.39 is 6.10 Å². The van der Waals surface area contributed by atoms with Crippen molar-refractivity contribution in [3.05, 3.63) is 57.9 Å². The fourth-order valence-electron chi connectivity index (χ4n) is 3.75. The van der Waals surface area contributed by atoms with Gasteiger partial charge in [-0.15, -0.1) is 0 Å². The third kappa shape index (κ3) is 2.91. The molecule has 1 heterocycles. The molecule has 0 unspecified atom stereocenters. The van der Waals surface area contributed by atoms with Crippen molar-refractivity contribution in [2.24, 2.45) is 0 Å². The lowest BCUT2D eigenvalue weighted by molar-refractivity contribution is 0.0927. The van der Waals surface area contributed by atoms with E-state index in [0.717, 1.165) is 36.1 Å². The van der Waals surface area contributed by atoms with Crippen molar-refractivity contribution in [3.8, 4) is 0 Å². The van der Waals surface area contributed by atoms with Gasteiger partial charge in [0.05, 0.1) is 12.1 Å². The molecule has 122 valence electrons. The first kappa shape index (κ1) is 15.8. The molecule has 3 rings (SSSR count). The lowest BCUT2D eigenvalue weighted by atomic mass is 9.87. The maximum atomic E-state index is 12.7. The standard InChI is InChI=1S/C19H24N2O2/c1-11-17(13(3)22)12(2)20-18(11)19(23)21-16-10-6-8-14-7-4-5-9-15(14)16/h4-5,7,9,13,16,20,22H,6,8,10H2,1-3H3,(H,21,23)/t13-,16-/m0/s1. The predicted octanol–water partition coefficient (Wildman–Crippen LogP) is 3.49. The first-order valence-electron chi connectivity index (χ1n) is 8.24. The van der Waals surface area contributed by atoms with Gasteiger partial charge in [0.1, 0.15) is 5.69 Å². The quantitative estimate of drug-likeness (QED) is 0.812. The van der Waals surface area contributed by atoms with Crippen LogP contribution in [0.15, 0.2) is 24.3 Å². The van der Waals surface area contributed by atoms with E-state index in [1.54, 1.807) is 6.92 Å². The van der Waals surface area contributed by atoms with Crippen molar-refractivity contribution in [2.75, 3.05) is 0 Å². The van der Waals surface area contributed by atoms with Crippen LogP contribution in [0, 0.1) is 13.8 Å². The van der Waals surface area contributed by atoms with Gasteiger partial charge in [-0.3, -0.25) is 4.79 Å². The van der Waals surface area contributed by atoms with E-state index >= 15 is 0 Å². The summed E-state index contributed by atoms with van der Waals surface area (Å²) in [6.45, 7) is 5.50. The van der Waals surface area contributed by atoms with E-state index in [4.69, 9.17) is 0 Å². The zero-order valence-electron chi connectivity index (χ0n) is 13.9. The number of benzene rings is 1. The van der Waals surface area contributed by atoms with E-state index in [1.165, 1.54) is 11.1 Å². The molecular weight excluding hydrogens is 288 g/mol. The molecule has 0 fully saturated rings. The number of amides is 1. The Morgan fingerprint density at radius 3 is 2.78 bits per heavy atom. The van der Waals surface area contributed by atoms with Gasteiger partial charge in [0.15, 0.2) is 0 Å². The predicted molar refractivity (Wildman–Crippen MR) is 90.5 cm³/mol. The second kappa shape index (κ2) is 6.20. The molecule has 1 amide bonds. The van der Waals surface area contributed by atoms with Crippen LogP contribution in [0.25, 0.3) is 0 Å². The fraction of sp³-hybridized carbons (Fsp3) is 0.421. The minimum atomic E-state index is -0.580. The van der Waals surface area contributed by atoms with Crippen LogP contribution in [0.3, 0.4) is 0 Å². The molecule has 4 nitrogen and oxygen atoms in total. The average molecular weight is 312 g/mol. The molecule has 0 bridgehead atoms. The molecule has 4 heteroatoms. The van der Waals surface area contributed by atoms with Crippen LogP contribution in [0.2, 0.25) is 0 Å². The number of H-pyrrole nitrogens is 1. The number of hydrogen-bond donors (Lipinski definition) is 3. The number of aromatic nitrogens is 1. The Morgan fingerprint density at radius 1 is 1.35 bits per heavy atom. The number of aromatic amines is 1. The third-order valence-corrected chi connectivity index (χ3v) is 4.82. The highest BCUT2D eigenvalue weighted by Gasteiger charge is 2.25. The van der Waals surface area contributed by atoms with E-state index in [0.29, 0.717) is 5.69 Å². The van der Waals surface area contributed by atoms with Gasteiger partial charge in [-0.2, -0.15) is 0 Å². The summed E-state index contributed by atoms with van der Waals surface area (Å²) in [6.07, 6.45) is 2.55. The van der Waals surface area contributed by atoms with Gasteiger partial charge in [-0.1, -0.05) is 24.3 Å².